The molecule has 0 spiro atoms. The van der Waals surface area contributed by atoms with Crippen LogP contribution in [0.3, 0.4) is 0 Å². The van der Waals surface area contributed by atoms with Crippen LogP contribution < -0.4 is 10.6 Å². The van der Waals surface area contributed by atoms with E-state index in [9.17, 15) is 13.2 Å². The molecule has 1 amide bonds. The van der Waals surface area contributed by atoms with Gasteiger partial charge in [0, 0.05) is 7.05 Å². The Morgan fingerprint density at radius 3 is 2.35 bits per heavy atom. The quantitative estimate of drug-likeness (QED) is 0.425. The van der Waals surface area contributed by atoms with Gasteiger partial charge in [-0.3, -0.25) is 9.35 Å². The molecule has 0 aromatic rings. The molecule has 6 nitrogen and oxygen atoms in total. The van der Waals surface area contributed by atoms with Crippen LogP contribution in [0.25, 0.3) is 0 Å². The van der Waals surface area contributed by atoms with E-state index in [1.165, 1.54) is 0 Å². The molecule has 0 aromatic carbocycles. The summed E-state index contributed by atoms with van der Waals surface area (Å²) in [7, 11) is -2.35. The fourth-order valence-electron chi connectivity index (χ4n) is 1.46. The molecule has 102 valence electrons. The van der Waals surface area contributed by atoms with E-state index in [1.54, 1.807) is 7.05 Å². The summed E-state index contributed by atoms with van der Waals surface area (Å²) in [6.45, 7) is 4.40. The van der Waals surface area contributed by atoms with Crippen molar-refractivity contribution in [3.63, 3.8) is 0 Å². The molecule has 0 saturated carbocycles. The van der Waals surface area contributed by atoms with Crippen LogP contribution in [0.15, 0.2) is 0 Å². The van der Waals surface area contributed by atoms with Gasteiger partial charge in [-0.15, -0.1) is 0 Å². The Morgan fingerprint density at radius 2 is 1.94 bits per heavy atom. The molecule has 3 N–H and O–H groups in total. The summed E-state index contributed by atoms with van der Waals surface area (Å²) in [5, 5.41) is 5.55. The molecule has 0 bridgehead atoms. The summed E-state index contributed by atoms with van der Waals surface area (Å²) in [4.78, 5) is 11.5. The van der Waals surface area contributed by atoms with Gasteiger partial charge in [0.25, 0.3) is 10.1 Å². The lowest BCUT2D eigenvalue weighted by Gasteiger charge is -2.18. The highest BCUT2D eigenvalue weighted by molar-refractivity contribution is 7.85. The summed E-state index contributed by atoms with van der Waals surface area (Å²) < 4.78 is 29.5. The van der Waals surface area contributed by atoms with Gasteiger partial charge in [-0.2, -0.15) is 8.42 Å². The van der Waals surface area contributed by atoms with Crippen LogP contribution in [0, 0.1) is 5.92 Å². The molecule has 1 atom stereocenters. The second kappa shape index (κ2) is 7.62. The zero-order valence-electron chi connectivity index (χ0n) is 10.6. The zero-order chi connectivity index (χ0) is 13.5. The summed E-state index contributed by atoms with van der Waals surface area (Å²) in [5.74, 6) is -0.0285. The van der Waals surface area contributed by atoms with Gasteiger partial charge < -0.3 is 10.6 Å². The Hall–Kier alpha value is -0.660. The molecule has 0 heterocycles. The number of carbonyl (C=O) groups is 1. The van der Waals surface area contributed by atoms with Crippen molar-refractivity contribution >= 4 is 16.0 Å². The minimum atomic E-state index is -3.91. The largest absolute Gasteiger partial charge is 0.358 e. The van der Waals surface area contributed by atoms with Crippen LogP contribution in [-0.4, -0.2) is 44.3 Å². The second-order valence-electron chi connectivity index (χ2n) is 4.39. The Bertz CT molecular complexity index is 327. The molecular weight excluding hydrogens is 244 g/mol. The number of carbonyl (C=O) groups excluding carboxylic acids is 1. The molecule has 0 saturated heterocycles. The highest BCUT2D eigenvalue weighted by Gasteiger charge is 2.17. The Morgan fingerprint density at radius 1 is 1.35 bits per heavy atom. The van der Waals surface area contributed by atoms with E-state index in [2.05, 4.69) is 10.6 Å². The maximum Gasteiger partial charge on any atom is 0.264 e. The normalized spacial score (nSPS) is 13.7. The molecule has 0 unspecified atom stereocenters. The fraction of sp³-hybridized carbons (Fsp3) is 0.900. The van der Waals surface area contributed by atoms with Crippen molar-refractivity contribution in [2.24, 2.45) is 5.92 Å². The Balaban J connectivity index is 4.04. The van der Waals surface area contributed by atoms with Crippen molar-refractivity contribution in [2.45, 2.75) is 32.7 Å². The lowest BCUT2D eigenvalue weighted by Crippen LogP contribution is -2.44. The topological polar surface area (TPSA) is 95.5 Å². The van der Waals surface area contributed by atoms with Gasteiger partial charge >= 0.3 is 0 Å². The lowest BCUT2D eigenvalue weighted by molar-refractivity contribution is -0.123. The molecule has 17 heavy (non-hydrogen) atoms. The smallest absolute Gasteiger partial charge is 0.264 e. The van der Waals surface area contributed by atoms with Crippen molar-refractivity contribution in [3.8, 4) is 0 Å². The van der Waals surface area contributed by atoms with E-state index in [4.69, 9.17) is 4.55 Å². The first-order valence-corrected chi connectivity index (χ1v) is 7.27. The Kier molecular flexibility index (Phi) is 7.33. The minimum Gasteiger partial charge on any atom is -0.358 e. The average Bonchev–Trinajstić information content (AvgIpc) is 2.19. The van der Waals surface area contributed by atoms with Gasteiger partial charge in [-0.05, 0) is 25.3 Å². The highest BCUT2D eigenvalue weighted by Crippen LogP contribution is 2.04. The molecule has 7 heteroatoms. The van der Waals surface area contributed by atoms with E-state index in [1.807, 2.05) is 13.8 Å². The molecular formula is C10H22N2O4S. The molecule has 0 rings (SSSR count). The minimum absolute atomic E-state index is 0.106. The van der Waals surface area contributed by atoms with Crippen molar-refractivity contribution in [2.75, 3.05) is 19.3 Å². The molecule has 0 aliphatic carbocycles. The molecule has 0 aromatic heterocycles. The van der Waals surface area contributed by atoms with E-state index >= 15 is 0 Å². The van der Waals surface area contributed by atoms with Crippen molar-refractivity contribution in [3.05, 3.63) is 0 Å². The second-order valence-corrected chi connectivity index (χ2v) is 5.96. The number of rotatable bonds is 8. The average molecular weight is 266 g/mol. The summed E-state index contributed by atoms with van der Waals surface area (Å²) in [5.41, 5.74) is 0. The van der Waals surface area contributed by atoms with Crippen LogP contribution in [0.4, 0.5) is 0 Å². The van der Waals surface area contributed by atoms with E-state index < -0.39 is 10.1 Å². The predicted octanol–water partition coefficient (Wildman–Crippen LogP) is 0.0146. The first-order valence-electron chi connectivity index (χ1n) is 5.66. The first-order chi connectivity index (χ1) is 7.76. The number of amides is 1. The van der Waals surface area contributed by atoms with Gasteiger partial charge in [0.05, 0.1) is 11.8 Å². The van der Waals surface area contributed by atoms with Gasteiger partial charge in [0.15, 0.2) is 0 Å². The zero-order valence-corrected chi connectivity index (χ0v) is 11.4. The monoisotopic (exact) mass is 266 g/mol. The molecule has 0 aliphatic heterocycles. The van der Waals surface area contributed by atoms with Gasteiger partial charge in [0.2, 0.25) is 5.91 Å². The SMILES string of the molecule is CNC(=O)[C@@H](CC(C)C)NCCCS(=O)(=O)O. The maximum absolute atomic E-state index is 11.5. The van der Waals surface area contributed by atoms with Gasteiger partial charge in [-0.25, -0.2) is 0 Å². The van der Waals surface area contributed by atoms with E-state index in [0.29, 0.717) is 18.9 Å². The number of nitrogens with one attached hydrogen (secondary N) is 2. The maximum atomic E-state index is 11.5. The van der Waals surface area contributed by atoms with Gasteiger partial charge in [0.1, 0.15) is 0 Å². The first kappa shape index (κ1) is 16.3. The molecule has 0 aliphatic rings. The van der Waals surface area contributed by atoms with Crippen LogP contribution in [0.1, 0.15) is 26.7 Å². The van der Waals surface area contributed by atoms with Crippen molar-refractivity contribution < 1.29 is 17.8 Å². The lowest BCUT2D eigenvalue weighted by atomic mass is 10.0. The number of hydrogen-bond donors (Lipinski definition) is 3. The van der Waals surface area contributed by atoms with Crippen LogP contribution in [-0.2, 0) is 14.9 Å². The highest BCUT2D eigenvalue weighted by atomic mass is 32.2. The third-order valence-electron chi connectivity index (χ3n) is 2.24. The standard InChI is InChI=1S/C10H22N2O4S/c1-8(2)7-9(10(13)11-3)12-5-4-6-17(14,15)16/h8-9,12H,4-7H2,1-3H3,(H,11,13)(H,14,15,16)/t9-/m1/s1. The summed E-state index contributed by atoms with van der Waals surface area (Å²) in [6.07, 6.45) is 0.968. The van der Waals surface area contributed by atoms with E-state index in [0.717, 1.165) is 0 Å². The van der Waals surface area contributed by atoms with Gasteiger partial charge in [-0.1, -0.05) is 13.8 Å². The fourth-order valence-corrected chi connectivity index (χ4v) is 1.97. The predicted molar refractivity (Wildman–Crippen MR) is 66.3 cm³/mol. The molecule has 0 fully saturated rings. The van der Waals surface area contributed by atoms with Crippen LogP contribution in [0.2, 0.25) is 0 Å². The van der Waals surface area contributed by atoms with Crippen molar-refractivity contribution in [1.29, 1.82) is 0 Å². The number of likely N-dealkylation sites (N-methyl/N-ethyl adjacent to an activating group) is 1. The third-order valence-corrected chi connectivity index (χ3v) is 3.04. The van der Waals surface area contributed by atoms with E-state index in [-0.39, 0.29) is 24.1 Å². The summed E-state index contributed by atoms with van der Waals surface area (Å²) >= 11 is 0. The third kappa shape index (κ3) is 9.08. The number of hydrogen-bond acceptors (Lipinski definition) is 4. The van der Waals surface area contributed by atoms with Crippen LogP contribution in [0.5, 0.6) is 0 Å². The molecule has 0 radical (unpaired) electrons. The summed E-state index contributed by atoms with van der Waals surface area (Å²) in [6, 6.07) is -0.318. The Labute approximate surface area is 103 Å². The van der Waals surface area contributed by atoms with Crippen LogP contribution >= 0.6 is 0 Å². The van der Waals surface area contributed by atoms with Crippen molar-refractivity contribution in [1.82, 2.24) is 10.6 Å².